The zero-order valence-corrected chi connectivity index (χ0v) is 19.9. The minimum absolute atomic E-state index is 0.0675. The molecule has 1 aromatic heterocycles. The van der Waals surface area contributed by atoms with E-state index in [1.165, 1.54) is 24.3 Å². The first kappa shape index (κ1) is 25.6. The zero-order valence-electron chi connectivity index (χ0n) is 19.9. The predicted octanol–water partition coefficient (Wildman–Crippen LogP) is 1.71. The molecule has 3 rings (SSSR count). The lowest BCUT2D eigenvalue weighted by molar-refractivity contribution is -0.130. The van der Waals surface area contributed by atoms with Gasteiger partial charge >= 0.3 is 6.03 Å². The number of anilines is 1. The van der Waals surface area contributed by atoms with Crippen molar-refractivity contribution in [3.8, 4) is 5.75 Å². The quantitative estimate of drug-likeness (QED) is 0.424. The molecule has 11 nitrogen and oxygen atoms in total. The van der Waals surface area contributed by atoms with E-state index < -0.39 is 41.9 Å². The van der Waals surface area contributed by atoms with Gasteiger partial charge in [0.1, 0.15) is 17.8 Å². The van der Waals surface area contributed by atoms with Crippen LogP contribution in [0.5, 0.6) is 5.75 Å². The zero-order chi connectivity index (χ0) is 25.5. The van der Waals surface area contributed by atoms with Gasteiger partial charge in [-0.15, -0.1) is 0 Å². The second kappa shape index (κ2) is 11.4. The Morgan fingerprint density at radius 3 is 2.60 bits per heavy atom. The van der Waals surface area contributed by atoms with Gasteiger partial charge < -0.3 is 35.7 Å². The molecule has 2 heterocycles. The number of nitrogens with zero attached hydrogens (tertiary/aromatic N) is 1. The van der Waals surface area contributed by atoms with Crippen LogP contribution in [0.1, 0.15) is 37.2 Å². The van der Waals surface area contributed by atoms with Crippen molar-refractivity contribution in [1.82, 2.24) is 15.5 Å². The number of rotatable bonds is 9. The number of nitrogens with one attached hydrogen (secondary N) is 3. The topological polar surface area (TPSA) is 156 Å². The summed E-state index contributed by atoms with van der Waals surface area (Å²) in [5.74, 6) is -0.897. The first-order valence-electron chi connectivity index (χ1n) is 11.3. The van der Waals surface area contributed by atoms with Crippen LogP contribution in [-0.4, -0.2) is 60.4 Å². The summed E-state index contributed by atoms with van der Waals surface area (Å²) in [7, 11) is 1.53. The Balaban J connectivity index is 1.72. The van der Waals surface area contributed by atoms with Crippen molar-refractivity contribution < 1.29 is 28.3 Å². The molecule has 5 amide bonds. The average molecular weight is 486 g/mol. The van der Waals surface area contributed by atoms with Gasteiger partial charge in [0.05, 0.1) is 19.4 Å². The maximum Gasteiger partial charge on any atom is 0.319 e. The predicted molar refractivity (Wildman–Crippen MR) is 128 cm³/mol. The first-order valence-corrected chi connectivity index (χ1v) is 11.3. The van der Waals surface area contributed by atoms with Crippen LogP contribution in [0.2, 0.25) is 0 Å². The molecule has 0 aliphatic carbocycles. The van der Waals surface area contributed by atoms with Gasteiger partial charge in [0.15, 0.2) is 5.76 Å². The number of likely N-dealkylation sites (tertiary alicyclic amines) is 1. The summed E-state index contributed by atoms with van der Waals surface area (Å²) in [5, 5.41) is 8.18. The van der Waals surface area contributed by atoms with Gasteiger partial charge in [-0.05, 0) is 43.0 Å². The average Bonchev–Trinajstić information content (AvgIpc) is 3.48. The summed E-state index contributed by atoms with van der Waals surface area (Å²) in [6.45, 7) is 3.89. The van der Waals surface area contributed by atoms with E-state index in [0.29, 0.717) is 17.9 Å². The molecule has 0 radical (unpaired) electrons. The number of furan rings is 1. The molecule has 1 fully saturated rings. The van der Waals surface area contributed by atoms with Crippen LogP contribution in [0.25, 0.3) is 0 Å². The van der Waals surface area contributed by atoms with Gasteiger partial charge in [-0.25, -0.2) is 4.79 Å². The highest BCUT2D eigenvalue weighted by atomic mass is 16.5. The van der Waals surface area contributed by atoms with Gasteiger partial charge in [0.25, 0.3) is 5.91 Å². The molecule has 1 aliphatic rings. The first-order chi connectivity index (χ1) is 16.7. The summed E-state index contributed by atoms with van der Waals surface area (Å²) < 4.78 is 10.4. The summed E-state index contributed by atoms with van der Waals surface area (Å²) in [6, 6.07) is 7.11. The Bertz CT molecular complexity index is 1050. The lowest BCUT2D eigenvalue weighted by Crippen LogP contribution is -2.52. The number of hydrogen-bond acceptors (Lipinski definition) is 6. The largest absolute Gasteiger partial charge is 0.497 e. The summed E-state index contributed by atoms with van der Waals surface area (Å²) in [5.41, 5.74) is 5.99. The number of amides is 5. The number of primary amides is 1. The van der Waals surface area contributed by atoms with Crippen LogP contribution in [-0.2, 0) is 9.59 Å². The molecule has 0 spiro atoms. The SMILES string of the molecule is COc1cccc(NC(=O)N[C@H]2C[C@@H](C(=O)N[C@@H](CC(C)C)C(N)=O)N(C(=O)c3ccco3)C2)c1. The minimum Gasteiger partial charge on any atom is -0.497 e. The van der Waals surface area contributed by atoms with Crippen LogP contribution < -0.4 is 26.4 Å². The Kier molecular flexibility index (Phi) is 8.34. The molecule has 0 unspecified atom stereocenters. The lowest BCUT2D eigenvalue weighted by Gasteiger charge is -2.25. The molecule has 3 atom stereocenters. The Morgan fingerprint density at radius 1 is 1.20 bits per heavy atom. The molecule has 2 aromatic rings. The fraction of sp³-hybridized carbons (Fsp3) is 0.417. The van der Waals surface area contributed by atoms with Crippen LogP contribution in [0.4, 0.5) is 10.5 Å². The molecule has 0 bridgehead atoms. The molecule has 5 N–H and O–H groups in total. The third-order valence-corrected chi connectivity index (χ3v) is 5.63. The number of hydrogen-bond donors (Lipinski definition) is 4. The molecule has 1 aromatic carbocycles. The minimum atomic E-state index is -0.927. The fourth-order valence-corrected chi connectivity index (χ4v) is 3.99. The molecule has 35 heavy (non-hydrogen) atoms. The van der Waals surface area contributed by atoms with Gasteiger partial charge in [-0.3, -0.25) is 14.4 Å². The molecular weight excluding hydrogens is 454 g/mol. The Morgan fingerprint density at radius 2 is 1.97 bits per heavy atom. The number of benzene rings is 1. The van der Waals surface area contributed by atoms with E-state index in [1.54, 1.807) is 30.3 Å². The third kappa shape index (κ3) is 6.75. The number of methoxy groups -OCH3 is 1. The molecule has 0 saturated carbocycles. The number of carbonyl (C=O) groups excluding carboxylic acids is 4. The molecular formula is C24H31N5O6. The fourth-order valence-electron chi connectivity index (χ4n) is 3.99. The Labute approximate surface area is 203 Å². The van der Waals surface area contributed by atoms with Gasteiger partial charge in [-0.2, -0.15) is 0 Å². The summed E-state index contributed by atoms with van der Waals surface area (Å²) >= 11 is 0. The maximum absolute atomic E-state index is 13.1. The lowest BCUT2D eigenvalue weighted by atomic mass is 10.0. The standard InChI is InChI=1S/C24H31N5O6/c1-14(2)10-18(21(25)30)28-22(31)19-12-16(13-29(19)23(32)20-8-5-9-35-20)27-24(33)26-15-6-4-7-17(11-15)34-3/h4-9,11,14,16,18-19H,10,12-13H2,1-3H3,(H2,25,30)(H,28,31)(H2,26,27,33)/t16-,18-,19-/m0/s1. The highest BCUT2D eigenvalue weighted by molar-refractivity contribution is 5.97. The monoisotopic (exact) mass is 485 g/mol. The number of nitrogens with two attached hydrogens (primary N) is 1. The van der Waals surface area contributed by atoms with Crippen LogP contribution in [0.3, 0.4) is 0 Å². The van der Waals surface area contributed by atoms with Gasteiger partial charge in [0.2, 0.25) is 11.8 Å². The van der Waals surface area contributed by atoms with E-state index in [1.807, 2.05) is 13.8 Å². The number of urea groups is 1. The van der Waals surface area contributed by atoms with E-state index in [2.05, 4.69) is 16.0 Å². The van der Waals surface area contributed by atoms with Gasteiger partial charge in [0, 0.05) is 18.3 Å². The van der Waals surface area contributed by atoms with E-state index in [0.717, 1.165) is 0 Å². The van der Waals surface area contributed by atoms with Crippen molar-refractivity contribution in [2.45, 2.75) is 44.8 Å². The van der Waals surface area contributed by atoms with E-state index >= 15 is 0 Å². The third-order valence-electron chi connectivity index (χ3n) is 5.63. The second-order valence-corrected chi connectivity index (χ2v) is 8.81. The van der Waals surface area contributed by atoms with Crippen molar-refractivity contribution in [2.75, 3.05) is 19.0 Å². The van der Waals surface area contributed by atoms with E-state index in [-0.39, 0.29) is 24.6 Å². The normalized spacial score (nSPS) is 18.1. The molecule has 11 heteroatoms. The molecule has 1 saturated heterocycles. The Hall–Kier alpha value is -4.02. The second-order valence-electron chi connectivity index (χ2n) is 8.81. The van der Waals surface area contributed by atoms with Gasteiger partial charge in [-0.1, -0.05) is 19.9 Å². The van der Waals surface area contributed by atoms with E-state index in [4.69, 9.17) is 14.9 Å². The van der Waals surface area contributed by atoms with Crippen LogP contribution in [0.15, 0.2) is 47.1 Å². The number of carbonyl (C=O) groups is 4. The molecule has 1 aliphatic heterocycles. The van der Waals surface area contributed by atoms with Crippen LogP contribution >= 0.6 is 0 Å². The smallest absolute Gasteiger partial charge is 0.319 e. The summed E-state index contributed by atoms with van der Waals surface area (Å²) in [4.78, 5) is 51.9. The van der Waals surface area contributed by atoms with Crippen molar-refractivity contribution in [3.05, 3.63) is 48.4 Å². The highest BCUT2D eigenvalue weighted by Crippen LogP contribution is 2.23. The van der Waals surface area contributed by atoms with Crippen molar-refractivity contribution >= 4 is 29.4 Å². The van der Waals surface area contributed by atoms with Crippen molar-refractivity contribution in [3.63, 3.8) is 0 Å². The van der Waals surface area contributed by atoms with Crippen molar-refractivity contribution in [2.24, 2.45) is 11.7 Å². The maximum atomic E-state index is 13.1. The van der Waals surface area contributed by atoms with Crippen molar-refractivity contribution in [1.29, 1.82) is 0 Å². The van der Waals surface area contributed by atoms with Crippen LogP contribution in [0, 0.1) is 5.92 Å². The summed E-state index contributed by atoms with van der Waals surface area (Å²) in [6.07, 6.45) is 1.88. The van der Waals surface area contributed by atoms with E-state index in [9.17, 15) is 19.2 Å². The highest BCUT2D eigenvalue weighted by Gasteiger charge is 2.42. The molecule has 188 valence electrons. The number of ether oxygens (including phenoxy) is 1.